The maximum Gasteiger partial charge on any atom is 0.193 e. The number of benzene rings is 2. The molecule has 3 aromatic rings. The Morgan fingerprint density at radius 1 is 1.19 bits per heavy atom. The van der Waals surface area contributed by atoms with Crippen molar-refractivity contribution in [2.45, 2.75) is 39.7 Å². The van der Waals surface area contributed by atoms with Crippen LogP contribution in [0.3, 0.4) is 0 Å². The summed E-state index contributed by atoms with van der Waals surface area (Å²) >= 11 is 0. The van der Waals surface area contributed by atoms with E-state index in [0.717, 1.165) is 30.0 Å². The van der Waals surface area contributed by atoms with Crippen LogP contribution in [0.1, 0.15) is 37.6 Å². The Balaban J connectivity index is 1.56. The molecule has 0 aliphatic rings. The molecule has 1 aromatic heterocycles. The largest absolute Gasteiger partial charge is 0.370 e. The second-order valence-corrected chi connectivity index (χ2v) is 6.83. The molecule has 0 unspecified atom stereocenters. The molecule has 3 rings (SSSR count). The number of imidazole rings is 1. The molecule has 0 saturated carbocycles. The first kappa shape index (κ1) is 18.0. The van der Waals surface area contributed by atoms with Crippen LogP contribution in [0.25, 0.3) is 11.0 Å². The minimum Gasteiger partial charge on any atom is -0.370 e. The quantitative estimate of drug-likeness (QED) is 0.396. The third-order valence-corrected chi connectivity index (χ3v) is 4.49. The number of para-hydroxylation sites is 2. The van der Waals surface area contributed by atoms with E-state index in [1.165, 1.54) is 11.1 Å². The van der Waals surface area contributed by atoms with Gasteiger partial charge in [0.05, 0.1) is 11.0 Å². The van der Waals surface area contributed by atoms with E-state index in [4.69, 9.17) is 5.73 Å². The average Bonchev–Trinajstić information content (AvgIpc) is 2.94. The lowest BCUT2D eigenvalue weighted by Gasteiger charge is -2.10. The molecule has 5 nitrogen and oxygen atoms in total. The number of fused-ring (bicyclic) bond motifs is 1. The molecular formula is C21H27N5. The van der Waals surface area contributed by atoms with E-state index in [0.29, 0.717) is 18.4 Å². The van der Waals surface area contributed by atoms with Crippen molar-refractivity contribution in [2.75, 3.05) is 11.9 Å². The zero-order valence-electron chi connectivity index (χ0n) is 15.7. The summed E-state index contributed by atoms with van der Waals surface area (Å²) in [5.41, 5.74) is 10.5. The van der Waals surface area contributed by atoms with Crippen molar-refractivity contribution in [1.82, 2.24) is 9.55 Å². The number of anilines is 1. The maximum atomic E-state index is 6.03. The van der Waals surface area contributed by atoms with Crippen molar-refractivity contribution in [1.29, 1.82) is 0 Å². The molecule has 0 amide bonds. The highest BCUT2D eigenvalue weighted by molar-refractivity contribution is 5.92. The SMILES string of the molecule is Cc1nc2ccccc2n1CCCN=C(N)Nc1cccc(C(C)C)c1. The van der Waals surface area contributed by atoms with E-state index in [9.17, 15) is 0 Å². The number of guanidine groups is 1. The molecule has 5 heteroatoms. The Morgan fingerprint density at radius 2 is 2.00 bits per heavy atom. The fraction of sp³-hybridized carbons (Fsp3) is 0.333. The standard InChI is InChI=1S/C21H27N5/c1-15(2)17-8-6-9-18(14-17)25-21(22)23-12-7-13-26-16(3)24-19-10-4-5-11-20(19)26/h4-6,8-11,14-15H,7,12-13H2,1-3H3,(H3,22,23,25). The number of nitrogens with two attached hydrogens (primary N) is 1. The van der Waals surface area contributed by atoms with E-state index >= 15 is 0 Å². The van der Waals surface area contributed by atoms with Gasteiger partial charge in [0.25, 0.3) is 0 Å². The van der Waals surface area contributed by atoms with Gasteiger partial charge in [0.15, 0.2) is 5.96 Å². The molecule has 0 spiro atoms. The van der Waals surface area contributed by atoms with Gasteiger partial charge in [0, 0.05) is 18.8 Å². The molecule has 136 valence electrons. The maximum absolute atomic E-state index is 6.03. The van der Waals surface area contributed by atoms with E-state index in [1.54, 1.807) is 0 Å². The second-order valence-electron chi connectivity index (χ2n) is 6.83. The van der Waals surface area contributed by atoms with E-state index in [2.05, 4.69) is 51.9 Å². The van der Waals surface area contributed by atoms with Gasteiger partial charge in [-0.3, -0.25) is 4.99 Å². The van der Waals surface area contributed by atoms with Crippen molar-refractivity contribution in [3.05, 3.63) is 59.9 Å². The Hall–Kier alpha value is -2.82. The molecule has 2 aromatic carbocycles. The highest BCUT2D eigenvalue weighted by atomic mass is 15.1. The van der Waals surface area contributed by atoms with Crippen LogP contribution < -0.4 is 11.1 Å². The number of aliphatic imine (C=N–C) groups is 1. The van der Waals surface area contributed by atoms with Crippen LogP contribution in [0.15, 0.2) is 53.5 Å². The molecule has 0 saturated heterocycles. The van der Waals surface area contributed by atoms with Crippen molar-refractivity contribution < 1.29 is 0 Å². The van der Waals surface area contributed by atoms with Crippen molar-refractivity contribution in [3.63, 3.8) is 0 Å². The van der Waals surface area contributed by atoms with Crippen LogP contribution in [-0.4, -0.2) is 22.1 Å². The van der Waals surface area contributed by atoms with Crippen LogP contribution in [0, 0.1) is 6.92 Å². The van der Waals surface area contributed by atoms with Crippen LogP contribution in [0.5, 0.6) is 0 Å². The van der Waals surface area contributed by atoms with Gasteiger partial charge in [-0.2, -0.15) is 0 Å². The molecule has 0 bridgehead atoms. The molecule has 0 atom stereocenters. The Bertz CT molecular complexity index is 908. The number of nitrogens with zero attached hydrogens (tertiary/aromatic N) is 3. The van der Waals surface area contributed by atoms with Gasteiger partial charge in [0.1, 0.15) is 5.82 Å². The molecule has 0 fully saturated rings. The van der Waals surface area contributed by atoms with Crippen LogP contribution >= 0.6 is 0 Å². The molecule has 0 aliphatic carbocycles. The normalized spacial score (nSPS) is 12.1. The number of aryl methyl sites for hydroxylation is 2. The Labute approximate surface area is 155 Å². The van der Waals surface area contributed by atoms with E-state index in [-0.39, 0.29) is 0 Å². The Morgan fingerprint density at radius 3 is 2.81 bits per heavy atom. The highest BCUT2D eigenvalue weighted by Gasteiger charge is 2.06. The third kappa shape index (κ3) is 4.23. The fourth-order valence-electron chi connectivity index (χ4n) is 3.07. The highest BCUT2D eigenvalue weighted by Crippen LogP contribution is 2.18. The van der Waals surface area contributed by atoms with Crippen LogP contribution in [-0.2, 0) is 6.54 Å². The van der Waals surface area contributed by atoms with Crippen molar-refractivity contribution >= 4 is 22.7 Å². The van der Waals surface area contributed by atoms with Gasteiger partial charge in [-0.05, 0) is 49.1 Å². The predicted octanol–water partition coefficient (Wildman–Crippen LogP) is 4.29. The number of hydrogen-bond donors (Lipinski definition) is 2. The fourth-order valence-corrected chi connectivity index (χ4v) is 3.07. The summed E-state index contributed by atoms with van der Waals surface area (Å²) in [6.07, 6.45) is 0.912. The van der Waals surface area contributed by atoms with Gasteiger partial charge in [-0.25, -0.2) is 4.98 Å². The molecule has 0 aliphatic heterocycles. The lowest BCUT2D eigenvalue weighted by molar-refractivity contribution is 0.649. The smallest absolute Gasteiger partial charge is 0.193 e. The first-order chi connectivity index (χ1) is 12.5. The minimum absolute atomic E-state index is 0.457. The first-order valence-electron chi connectivity index (χ1n) is 9.13. The molecule has 26 heavy (non-hydrogen) atoms. The zero-order chi connectivity index (χ0) is 18.5. The predicted molar refractivity (Wildman–Crippen MR) is 110 cm³/mol. The van der Waals surface area contributed by atoms with Gasteiger partial charge in [-0.15, -0.1) is 0 Å². The summed E-state index contributed by atoms with van der Waals surface area (Å²) < 4.78 is 2.24. The number of aromatic nitrogens is 2. The van der Waals surface area contributed by atoms with Gasteiger partial charge >= 0.3 is 0 Å². The summed E-state index contributed by atoms with van der Waals surface area (Å²) in [4.78, 5) is 9.05. The summed E-state index contributed by atoms with van der Waals surface area (Å²) in [7, 11) is 0. The monoisotopic (exact) mass is 349 g/mol. The second kappa shape index (κ2) is 8.04. The lowest BCUT2D eigenvalue weighted by Crippen LogP contribution is -2.23. The summed E-state index contributed by atoms with van der Waals surface area (Å²) in [5.74, 6) is 1.98. The number of hydrogen-bond acceptors (Lipinski definition) is 2. The van der Waals surface area contributed by atoms with Gasteiger partial charge in [0.2, 0.25) is 0 Å². The van der Waals surface area contributed by atoms with Crippen LogP contribution in [0.2, 0.25) is 0 Å². The molecule has 3 N–H and O–H groups in total. The van der Waals surface area contributed by atoms with E-state index < -0.39 is 0 Å². The topological polar surface area (TPSA) is 68.2 Å². The summed E-state index contributed by atoms with van der Waals surface area (Å²) in [5, 5.41) is 3.18. The molecule has 1 heterocycles. The zero-order valence-corrected chi connectivity index (χ0v) is 15.7. The number of rotatable bonds is 6. The van der Waals surface area contributed by atoms with Gasteiger partial charge in [-0.1, -0.05) is 38.1 Å². The Kier molecular flexibility index (Phi) is 5.56. The third-order valence-electron chi connectivity index (χ3n) is 4.49. The van der Waals surface area contributed by atoms with E-state index in [1.807, 2.05) is 37.3 Å². The van der Waals surface area contributed by atoms with Crippen LogP contribution in [0.4, 0.5) is 5.69 Å². The summed E-state index contributed by atoms with van der Waals surface area (Å²) in [6, 6.07) is 16.5. The molecule has 0 radical (unpaired) electrons. The summed E-state index contributed by atoms with van der Waals surface area (Å²) in [6.45, 7) is 7.96. The average molecular weight is 349 g/mol. The van der Waals surface area contributed by atoms with Gasteiger partial charge < -0.3 is 15.6 Å². The number of nitrogens with one attached hydrogen (secondary N) is 1. The first-order valence-corrected chi connectivity index (χ1v) is 9.13. The minimum atomic E-state index is 0.457. The lowest BCUT2D eigenvalue weighted by atomic mass is 10.0. The van der Waals surface area contributed by atoms with Crippen molar-refractivity contribution in [3.8, 4) is 0 Å². The van der Waals surface area contributed by atoms with Crippen molar-refractivity contribution in [2.24, 2.45) is 10.7 Å². The molecular weight excluding hydrogens is 322 g/mol.